The first-order valence-electron chi connectivity index (χ1n) is 9.98. The number of anilines is 1. The van der Waals surface area contributed by atoms with E-state index in [2.05, 4.69) is 20.2 Å². The molecule has 0 radical (unpaired) electrons. The Hall–Kier alpha value is -1.99. The lowest BCUT2D eigenvalue weighted by Gasteiger charge is -2.30. The largest absolute Gasteiger partial charge is 0.463 e. The van der Waals surface area contributed by atoms with Crippen LogP contribution in [0.4, 0.5) is 5.82 Å². The van der Waals surface area contributed by atoms with Crippen molar-refractivity contribution in [1.29, 1.82) is 0 Å². The maximum atomic E-state index is 11.3. The summed E-state index contributed by atoms with van der Waals surface area (Å²) in [6.07, 6.45) is 12.9. The second kappa shape index (κ2) is 7.94. The normalized spacial score (nSPS) is 30.3. The minimum Gasteiger partial charge on any atom is -0.463 e. The molecule has 0 aliphatic carbocycles. The summed E-state index contributed by atoms with van der Waals surface area (Å²) in [6, 6.07) is 0.384. The molecule has 7 heteroatoms. The van der Waals surface area contributed by atoms with Gasteiger partial charge in [-0.1, -0.05) is 0 Å². The predicted octanol–water partition coefficient (Wildman–Crippen LogP) is 2.25. The van der Waals surface area contributed by atoms with E-state index in [4.69, 9.17) is 9.47 Å². The Morgan fingerprint density at radius 3 is 2.89 bits per heavy atom. The maximum Gasteiger partial charge on any atom is 0.330 e. The summed E-state index contributed by atoms with van der Waals surface area (Å²) in [4.78, 5) is 22.6. The molecule has 7 nitrogen and oxygen atoms in total. The standard InChI is InChI=1S/C20H28N4O3/c1-2-26-19(25)4-3-15-11-22-18(12-21-15)23-16-7-10-24(13-16)14-20-8-5-17(27-20)6-9-20/h3-4,11-12,16-17H,2,5-10,13-14H2,1H3,(H,22,23)/b4-3+/t16-,17?,20?/m1/s1. The Kier molecular flexibility index (Phi) is 5.41. The van der Waals surface area contributed by atoms with Gasteiger partial charge in [-0.05, 0) is 45.1 Å². The number of fused-ring (bicyclic) bond motifs is 2. The summed E-state index contributed by atoms with van der Waals surface area (Å²) in [5.41, 5.74) is 0.765. The van der Waals surface area contributed by atoms with Crippen LogP contribution in [0.15, 0.2) is 18.5 Å². The average Bonchev–Trinajstić information content (AvgIpc) is 3.38. The highest BCUT2D eigenvalue weighted by atomic mass is 16.5. The molecule has 1 N–H and O–H groups in total. The Morgan fingerprint density at radius 2 is 2.22 bits per heavy atom. The van der Waals surface area contributed by atoms with Crippen LogP contribution in [-0.4, -0.2) is 64.8 Å². The van der Waals surface area contributed by atoms with Gasteiger partial charge in [0.25, 0.3) is 0 Å². The monoisotopic (exact) mass is 372 g/mol. The number of carbonyl (C=O) groups is 1. The molecule has 27 heavy (non-hydrogen) atoms. The summed E-state index contributed by atoms with van der Waals surface area (Å²) in [7, 11) is 0. The van der Waals surface area contributed by atoms with Crippen molar-refractivity contribution in [1.82, 2.24) is 14.9 Å². The van der Waals surface area contributed by atoms with Crippen LogP contribution in [0.2, 0.25) is 0 Å². The number of hydrogen-bond acceptors (Lipinski definition) is 7. The summed E-state index contributed by atoms with van der Waals surface area (Å²) in [5, 5.41) is 3.48. The molecule has 4 heterocycles. The lowest BCUT2D eigenvalue weighted by molar-refractivity contribution is -0.137. The van der Waals surface area contributed by atoms with Crippen molar-refractivity contribution in [3.8, 4) is 0 Å². The Balaban J connectivity index is 1.25. The van der Waals surface area contributed by atoms with Gasteiger partial charge in [-0.25, -0.2) is 9.78 Å². The lowest BCUT2D eigenvalue weighted by atomic mass is 9.88. The van der Waals surface area contributed by atoms with Crippen molar-refractivity contribution < 1.29 is 14.3 Å². The van der Waals surface area contributed by atoms with E-state index in [0.29, 0.717) is 24.4 Å². The smallest absolute Gasteiger partial charge is 0.330 e. The highest BCUT2D eigenvalue weighted by Gasteiger charge is 2.47. The predicted molar refractivity (Wildman–Crippen MR) is 102 cm³/mol. The molecule has 146 valence electrons. The molecule has 0 saturated carbocycles. The summed E-state index contributed by atoms with van der Waals surface area (Å²) >= 11 is 0. The molecule has 0 spiro atoms. The van der Waals surface area contributed by atoms with E-state index < -0.39 is 0 Å². The van der Waals surface area contributed by atoms with E-state index in [-0.39, 0.29) is 11.6 Å². The van der Waals surface area contributed by atoms with Crippen molar-refractivity contribution in [3.63, 3.8) is 0 Å². The molecule has 1 aromatic rings. The van der Waals surface area contributed by atoms with E-state index in [9.17, 15) is 4.79 Å². The van der Waals surface area contributed by atoms with Gasteiger partial charge in [-0.15, -0.1) is 0 Å². The van der Waals surface area contributed by atoms with Crippen LogP contribution < -0.4 is 5.32 Å². The SMILES string of the molecule is CCOC(=O)/C=C/c1cnc(N[C@@H]2CCN(CC34CCC(CC3)O4)C2)cn1. The molecule has 0 aromatic carbocycles. The first-order valence-corrected chi connectivity index (χ1v) is 9.98. The van der Waals surface area contributed by atoms with Gasteiger partial charge in [-0.3, -0.25) is 9.88 Å². The van der Waals surface area contributed by atoms with E-state index in [1.54, 1.807) is 25.4 Å². The second-order valence-electron chi connectivity index (χ2n) is 7.78. The summed E-state index contributed by atoms with van der Waals surface area (Å²) < 4.78 is 11.1. The lowest BCUT2D eigenvalue weighted by Crippen LogP contribution is -2.41. The molecule has 0 amide bonds. The number of nitrogens with zero attached hydrogens (tertiary/aromatic N) is 3. The molecule has 3 fully saturated rings. The zero-order valence-electron chi connectivity index (χ0n) is 15.9. The highest BCUT2D eigenvalue weighted by molar-refractivity contribution is 5.86. The number of ether oxygens (including phenoxy) is 2. The minimum atomic E-state index is -0.369. The number of hydrogen-bond donors (Lipinski definition) is 1. The van der Waals surface area contributed by atoms with Crippen LogP contribution in [0.3, 0.4) is 0 Å². The van der Waals surface area contributed by atoms with Gasteiger partial charge in [0.05, 0.1) is 36.4 Å². The Labute approximate surface area is 160 Å². The third-order valence-electron chi connectivity index (χ3n) is 5.75. The van der Waals surface area contributed by atoms with Gasteiger partial charge in [0.1, 0.15) is 5.82 Å². The van der Waals surface area contributed by atoms with E-state index in [0.717, 1.165) is 31.9 Å². The fourth-order valence-electron chi connectivity index (χ4n) is 4.46. The van der Waals surface area contributed by atoms with Crippen LogP contribution in [0.1, 0.15) is 44.7 Å². The van der Waals surface area contributed by atoms with E-state index in [1.807, 2.05) is 0 Å². The summed E-state index contributed by atoms with van der Waals surface area (Å²) in [5.74, 6) is 0.401. The molecule has 3 aliphatic heterocycles. The molecular formula is C20H28N4O3. The van der Waals surface area contributed by atoms with Crippen molar-refractivity contribution in [2.24, 2.45) is 0 Å². The van der Waals surface area contributed by atoms with Crippen molar-refractivity contribution in [2.45, 2.75) is 56.8 Å². The van der Waals surface area contributed by atoms with Gasteiger partial charge in [-0.2, -0.15) is 0 Å². The van der Waals surface area contributed by atoms with Crippen molar-refractivity contribution >= 4 is 17.9 Å². The summed E-state index contributed by atoms with van der Waals surface area (Å²) in [6.45, 7) is 5.32. The van der Waals surface area contributed by atoms with Gasteiger partial charge >= 0.3 is 5.97 Å². The van der Waals surface area contributed by atoms with Crippen LogP contribution >= 0.6 is 0 Å². The van der Waals surface area contributed by atoms with Crippen LogP contribution in [0, 0.1) is 0 Å². The third-order valence-corrected chi connectivity index (χ3v) is 5.75. The molecule has 2 bridgehead atoms. The van der Waals surface area contributed by atoms with Crippen molar-refractivity contribution in [2.75, 3.05) is 31.6 Å². The number of carbonyl (C=O) groups excluding carboxylic acids is 1. The Morgan fingerprint density at radius 1 is 1.37 bits per heavy atom. The van der Waals surface area contributed by atoms with E-state index >= 15 is 0 Å². The molecule has 0 unspecified atom stereocenters. The zero-order chi connectivity index (χ0) is 18.7. The van der Waals surface area contributed by atoms with Gasteiger partial charge in [0.2, 0.25) is 0 Å². The average molecular weight is 372 g/mol. The second-order valence-corrected chi connectivity index (χ2v) is 7.78. The fourth-order valence-corrected chi connectivity index (χ4v) is 4.46. The first-order chi connectivity index (χ1) is 13.1. The first kappa shape index (κ1) is 18.4. The maximum absolute atomic E-state index is 11.3. The molecule has 1 aromatic heterocycles. The number of rotatable bonds is 7. The topological polar surface area (TPSA) is 76.6 Å². The van der Waals surface area contributed by atoms with E-state index in [1.165, 1.54) is 31.8 Å². The molecule has 3 aliphatic rings. The molecular weight excluding hydrogens is 344 g/mol. The number of esters is 1. The molecule has 1 atom stereocenters. The minimum absolute atomic E-state index is 0.131. The van der Waals surface area contributed by atoms with Crippen LogP contribution in [-0.2, 0) is 14.3 Å². The van der Waals surface area contributed by atoms with Gasteiger partial charge in [0.15, 0.2) is 0 Å². The van der Waals surface area contributed by atoms with Crippen molar-refractivity contribution in [3.05, 3.63) is 24.2 Å². The number of aromatic nitrogens is 2. The molecule has 4 rings (SSSR count). The number of nitrogens with one attached hydrogen (secondary N) is 1. The highest BCUT2D eigenvalue weighted by Crippen LogP contribution is 2.44. The van der Waals surface area contributed by atoms with Gasteiger partial charge in [0, 0.05) is 31.8 Å². The van der Waals surface area contributed by atoms with Crippen LogP contribution in [0.5, 0.6) is 0 Å². The van der Waals surface area contributed by atoms with Gasteiger partial charge < -0.3 is 14.8 Å². The number of likely N-dealkylation sites (tertiary alicyclic amines) is 1. The quantitative estimate of drug-likeness (QED) is 0.581. The zero-order valence-corrected chi connectivity index (χ0v) is 15.9. The third kappa shape index (κ3) is 4.47. The van der Waals surface area contributed by atoms with Crippen LogP contribution in [0.25, 0.3) is 6.08 Å². The molecule has 3 saturated heterocycles. The Bertz CT molecular complexity index is 683. The fraction of sp³-hybridized carbons (Fsp3) is 0.650.